The van der Waals surface area contributed by atoms with Crippen molar-refractivity contribution >= 4 is 45.5 Å². The SMILES string of the molecule is COc1ccc(N2C(=O)NC(=O)/C(=C\c3cc(Br)ccc3OCCOc3ccc(C)cc3)C2=O)cc1. The minimum atomic E-state index is -0.828. The molecule has 36 heavy (non-hydrogen) atoms. The molecule has 0 saturated carbocycles. The third-order valence-corrected chi connectivity index (χ3v) is 5.83. The number of imide groups is 2. The molecule has 1 aliphatic rings. The first-order chi connectivity index (χ1) is 17.4. The first-order valence-electron chi connectivity index (χ1n) is 11.0. The Bertz CT molecular complexity index is 1320. The van der Waals surface area contributed by atoms with Crippen LogP contribution in [0, 0.1) is 6.92 Å². The number of anilines is 1. The number of barbiturate groups is 1. The molecule has 1 saturated heterocycles. The highest BCUT2D eigenvalue weighted by Crippen LogP contribution is 2.29. The molecule has 0 atom stereocenters. The molecule has 1 heterocycles. The van der Waals surface area contributed by atoms with Crippen molar-refractivity contribution in [3.63, 3.8) is 0 Å². The number of hydrogen-bond donors (Lipinski definition) is 1. The molecule has 0 unspecified atom stereocenters. The van der Waals surface area contributed by atoms with Crippen LogP contribution in [0.4, 0.5) is 10.5 Å². The minimum absolute atomic E-state index is 0.204. The number of nitrogens with zero attached hydrogens (tertiary/aromatic N) is 1. The van der Waals surface area contributed by atoms with Gasteiger partial charge in [-0.2, -0.15) is 0 Å². The Balaban J connectivity index is 1.54. The Labute approximate surface area is 216 Å². The molecular weight excluding hydrogens is 528 g/mol. The monoisotopic (exact) mass is 550 g/mol. The molecule has 0 aromatic heterocycles. The number of methoxy groups -OCH3 is 1. The number of halogens is 1. The summed E-state index contributed by atoms with van der Waals surface area (Å²) in [6, 6.07) is 18.4. The van der Waals surface area contributed by atoms with Crippen LogP contribution in [0.15, 0.2) is 76.8 Å². The molecule has 184 valence electrons. The predicted molar refractivity (Wildman–Crippen MR) is 138 cm³/mol. The molecule has 0 aliphatic carbocycles. The fourth-order valence-corrected chi connectivity index (χ4v) is 3.87. The molecule has 0 bridgehead atoms. The van der Waals surface area contributed by atoms with Gasteiger partial charge >= 0.3 is 6.03 Å². The van der Waals surface area contributed by atoms with Crippen molar-refractivity contribution in [2.75, 3.05) is 25.2 Å². The van der Waals surface area contributed by atoms with Crippen LogP contribution in [-0.2, 0) is 9.59 Å². The molecular formula is C27H23BrN2O6. The first-order valence-corrected chi connectivity index (χ1v) is 11.8. The topological polar surface area (TPSA) is 94.2 Å². The summed E-state index contributed by atoms with van der Waals surface area (Å²) < 4.78 is 17.4. The highest BCUT2D eigenvalue weighted by molar-refractivity contribution is 9.10. The zero-order valence-corrected chi connectivity index (χ0v) is 21.2. The van der Waals surface area contributed by atoms with E-state index < -0.39 is 17.8 Å². The van der Waals surface area contributed by atoms with E-state index in [2.05, 4.69) is 21.2 Å². The van der Waals surface area contributed by atoms with Crippen molar-refractivity contribution in [3.8, 4) is 17.2 Å². The van der Waals surface area contributed by atoms with Gasteiger partial charge in [0.25, 0.3) is 11.8 Å². The second-order valence-electron chi connectivity index (χ2n) is 7.85. The summed E-state index contributed by atoms with van der Waals surface area (Å²) in [4.78, 5) is 39.2. The number of carbonyl (C=O) groups is 3. The van der Waals surface area contributed by atoms with E-state index in [0.29, 0.717) is 29.4 Å². The average molecular weight is 551 g/mol. The lowest BCUT2D eigenvalue weighted by Gasteiger charge is -2.26. The summed E-state index contributed by atoms with van der Waals surface area (Å²) in [6.07, 6.45) is 1.40. The first kappa shape index (κ1) is 25.0. The quantitative estimate of drug-likeness (QED) is 0.244. The number of amides is 4. The van der Waals surface area contributed by atoms with Crippen LogP contribution in [0.5, 0.6) is 17.2 Å². The van der Waals surface area contributed by atoms with Crippen molar-refractivity contribution in [1.29, 1.82) is 0 Å². The van der Waals surface area contributed by atoms with Crippen LogP contribution in [-0.4, -0.2) is 38.2 Å². The van der Waals surface area contributed by atoms with Gasteiger partial charge in [-0.3, -0.25) is 14.9 Å². The molecule has 1 aliphatic heterocycles. The second-order valence-corrected chi connectivity index (χ2v) is 8.76. The van der Waals surface area contributed by atoms with Gasteiger partial charge in [-0.05, 0) is 67.6 Å². The number of carbonyl (C=O) groups excluding carboxylic acids is 3. The number of benzene rings is 3. The van der Waals surface area contributed by atoms with Crippen LogP contribution in [0.3, 0.4) is 0 Å². The summed E-state index contributed by atoms with van der Waals surface area (Å²) in [7, 11) is 1.51. The zero-order chi connectivity index (χ0) is 25.7. The highest BCUT2D eigenvalue weighted by atomic mass is 79.9. The third kappa shape index (κ3) is 5.75. The van der Waals surface area contributed by atoms with Crippen molar-refractivity contribution in [2.45, 2.75) is 6.92 Å². The number of rotatable bonds is 8. The summed E-state index contributed by atoms with van der Waals surface area (Å²) in [5.74, 6) is 0.213. The standard InChI is InChI=1S/C27H23BrN2O6/c1-17-3-8-22(9-4-17)35-13-14-36-24-12-5-19(28)15-18(24)16-23-25(31)29-27(33)30(26(23)32)20-6-10-21(34-2)11-7-20/h3-12,15-16H,13-14H2,1-2H3,(H,29,31,33)/b23-16+. The minimum Gasteiger partial charge on any atom is -0.497 e. The van der Waals surface area contributed by atoms with E-state index in [0.717, 1.165) is 20.7 Å². The van der Waals surface area contributed by atoms with Crippen LogP contribution in [0.1, 0.15) is 11.1 Å². The maximum absolute atomic E-state index is 13.2. The summed E-state index contributed by atoms with van der Waals surface area (Å²) in [6.45, 7) is 2.54. The summed E-state index contributed by atoms with van der Waals surface area (Å²) >= 11 is 3.41. The van der Waals surface area contributed by atoms with Crippen LogP contribution in [0.25, 0.3) is 6.08 Å². The molecule has 4 rings (SSSR count). The van der Waals surface area contributed by atoms with Gasteiger partial charge in [0.2, 0.25) is 0 Å². The smallest absolute Gasteiger partial charge is 0.335 e. The number of hydrogen-bond acceptors (Lipinski definition) is 6. The summed E-state index contributed by atoms with van der Waals surface area (Å²) in [5.41, 5.74) is 1.72. The van der Waals surface area contributed by atoms with E-state index >= 15 is 0 Å². The molecule has 8 nitrogen and oxygen atoms in total. The van der Waals surface area contributed by atoms with E-state index in [9.17, 15) is 14.4 Å². The molecule has 1 fully saturated rings. The maximum atomic E-state index is 13.2. The average Bonchev–Trinajstić information content (AvgIpc) is 2.87. The van der Waals surface area contributed by atoms with Crippen LogP contribution < -0.4 is 24.4 Å². The van der Waals surface area contributed by atoms with Gasteiger partial charge in [0.15, 0.2) is 0 Å². The third-order valence-electron chi connectivity index (χ3n) is 5.33. The normalized spacial score (nSPS) is 14.6. The van der Waals surface area contributed by atoms with Gasteiger partial charge in [0, 0.05) is 10.0 Å². The maximum Gasteiger partial charge on any atom is 0.335 e. The fourth-order valence-electron chi connectivity index (χ4n) is 3.49. The van der Waals surface area contributed by atoms with Crippen LogP contribution >= 0.6 is 15.9 Å². The Morgan fingerprint density at radius 2 is 1.56 bits per heavy atom. The number of nitrogens with one attached hydrogen (secondary N) is 1. The van der Waals surface area contributed by atoms with E-state index in [1.165, 1.54) is 13.2 Å². The van der Waals surface area contributed by atoms with E-state index in [4.69, 9.17) is 14.2 Å². The van der Waals surface area contributed by atoms with E-state index in [1.807, 2.05) is 31.2 Å². The highest BCUT2D eigenvalue weighted by Gasteiger charge is 2.37. The van der Waals surface area contributed by atoms with Crippen molar-refractivity contribution < 1.29 is 28.6 Å². The lowest BCUT2D eigenvalue weighted by molar-refractivity contribution is -0.122. The zero-order valence-electron chi connectivity index (χ0n) is 19.6. The lowest BCUT2D eigenvalue weighted by Crippen LogP contribution is -2.54. The van der Waals surface area contributed by atoms with Gasteiger partial charge < -0.3 is 14.2 Å². The van der Waals surface area contributed by atoms with Crippen molar-refractivity contribution in [2.24, 2.45) is 0 Å². The Morgan fingerprint density at radius 1 is 0.889 bits per heavy atom. The number of ether oxygens (including phenoxy) is 3. The van der Waals surface area contributed by atoms with Gasteiger partial charge in [-0.25, -0.2) is 9.69 Å². The van der Waals surface area contributed by atoms with Gasteiger partial charge in [0.05, 0.1) is 12.8 Å². The van der Waals surface area contributed by atoms with Crippen LogP contribution in [0.2, 0.25) is 0 Å². The lowest BCUT2D eigenvalue weighted by atomic mass is 10.1. The molecule has 0 radical (unpaired) electrons. The van der Waals surface area contributed by atoms with E-state index in [1.54, 1.807) is 42.5 Å². The molecule has 0 spiro atoms. The molecule has 4 amide bonds. The molecule has 3 aromatic carbocycles. The van der Waals surface area contributed by atoms with Crippen molar-refractivity contribution in [3.05, 3.63) is 87.9 Å². The van der Waals surface area contributed by atoms with Gasteiger partial charge in [-0.1, -0.05) is 33.6 Å². The Hall–Kier alpha value is -4.11. The van der Waals surface area contributed by atoms with Crippen molar-refractivity contribution in [1.82, 2.24) is 5.32 Å². The molecule has 1 N–H and O–H groups in total. The summed E-state index contributed by atoms with van der Waals surface area (Å²) in [5, 5.41) is 2.22. The number of urea groups is 1. The fraction of sp³-hybridized carbons (Fsp3) is 0.148. The molecule has 3 aromatic rings. The predicted octanol–water partition coefficient (Wildman–Crippen LogP) is 4.89. The second kappa shape index (κ2) is 11.1. The largest absolute Gasteiger partial charge is 0.497 e. The molecule has 9 heteroatoms. The Morgan fingerprint density at radius 3 is 2.25 bits per heavy atom. The van der Waals surface area contributed by atoms with Gasteiger partial charge in [-0.15, -0.1) is 0 Å². The van der Waals surface area contributed by atoms with E-state index in [-0.39, 0.29) is 12.2 Å². The number of aryl methyl sites for hydroxylation is 1. The van der Waals surface area contributed by atoms with Gasteiger partial charge in [0.1, 0.15) is 36.0 Å². The Kier molecular flexibility index (Phi) is 7.70.